The highest BCUT2D eigenvalue weighted by atomic mass is 16.5. The number of nitrogens with one attached hydrogen (secondary N) is 1. The van der Waals surface area contributed by atoms with Crippen molar-refractivity contribution in [3.05, 3.63) is 35.9 Å². The van der Waals surface area contributed by atoms with E-state index in [0.29, 0.717) is 25.7 Å². The standard InChI is InChI=1S/C37H63NO5/c1-6-8-10-12-13-14-15-16-20-24-32(43-37(42)34(38-28-39)26-29(3)4)27-35(40)33(25-21-11-9-7-2)36(41)30(5)31-22-18-17-19-23-31/h17-19,22-23,28-30,32-35,40H,6-16,20-21,24-27H2,1-5H3,(H,38,39)/t30-,32+,33+,34+,35+/m1/s1. The van der Waals surface area contributed by atoms with E-state index < -0.39 is 30.1 Å². The molecule has 0 saturated carbocycles. The Kier molecular flexibility index (Phi) is 21.8. The van der Waals surface area contributed by atoms with Gasteiger partial charge in [0.1, 0.15) is 17.9 Å². The lowest BCUT2D eigenvalue weighted by Crippen LogP contribution is -2.41. The van der Waals surface area contributed by atoms with Crippen LogP contribution in [-0.4, -0.2) is 41.5 Å². The molecule has 1 rings (SSSR count). The van der Waals surface area contributed by atoms with Gasteiger partial charge in [0.15, 0.2) is 0 Å². The molecule has 0 aliphatic rings. The number of rotatable bonds is 27. The second kappa shape index (κ2) is 24.2. The number of hydrogen-bond acceptors (Lipinski definition) is 5. The Bertz CT molecular complexity index is 858. The van der Waals surface area contributed by atoms with Crippen LogP contribution in [0.25, 0.3) is 0 Å². The summed E-state index contributed by atoms with van der Waals surface area (Å²) in [6, 6.07) is 9.03. The second-order valence-corrected chi connectivity index (χ2v) is 12.9. The van der Waals surface area contributed by atoms with Crippen molar-refractivity contribution in [2.75, 3.05) is 0 Å². The molecule has 0 radical (unpaired) electrons. The number of benzene rings is 1. The van der Waals surface area contributed by atoms with Gasteiger partial charge in [0.2, 0.25) is 6.41 Å². The topological polar surface area (TPSA) is 92.7 Å². The zero-order chi connectivity index (χ0) is 31.9. The molecular formula is C37H63NO5. The third-order valence-corrected chi connectivity index (χ3v) is 8.60. The average Bonchev–Trinajstić information content (AvgIpc) is 2.99. The zero-order valence-electron chi connectivity index (χ0n) is 28.0. The van der Waals surface area contributed by atoms with E-state index in [1.807, 2.05) is 51.1 Å². The van der Waals surface area contributed by atoms with Gasteiger partial charge in [-0.05, 0) is 37.2 Å². The van der Waals surface area contributed by atoms with E-state index in [-0.39, 0.29) is 24.0 Å². The maximum Gasteiger partial charge on any atom is 0.328 e. The quantitative estimate of drug-likeness (QED) is 0.0598. The minimum absolute atomic E-state index is 0.0450. The van der Waals surface area contributed by atoms with E-state index in [2.05, 4.69) is 19.2 Å². The SMILES string of the molecule is CCCCCCCCCCC[C@@H](C[C@H](O)[C@H](CCCCCC)C(=O)[C@H](C)c1ccccc1)OC(=O)[C@H](CC(C)C)NC=O. The monoisotopic (exact) mass is 601 g/mol. The average molecular weight is 602 g/mol. The number of hydrogen-bond donors (Lipinski definition) is 2. The number of ether oxygens (including phenoxy) is 1. The molecule has 1 amide bonds. The summed E-state index contributed by atoms with van der Waals surface area (Å²) in [5, 5.41) is 14.2. The molecule has 0 aliphatic heterocycles. The van der Waals surface area contributed by atoms with Crippen LogP contribution >= 0.6 is 0 Å². The molecule has 43 heavy (non-hydrogen) atoms. The number of carbonyl (C=O) groups is 3. The number of carbonyl (C=O) groups excluding carboxylic acids is 3. The molecule has 0 heterocycles. The van der Waals surface area contributed by atoms with Crippen LogP contribution in [0.5, 0.6) is 0 Å². The Labute approximate surface area is 263 Å². The van der Waals surface area contributed by atoms with E-state index in [4.69, 9.17) is 4.74 Å². The van der Waals surface area contributed by atoms with Crippen molar-refractivity contribution in [2.24, 2.45) is 11.8 Å². The number of esters is 1. The van der Waals surface area contributed by atoms with E-state index in [0.717, 1.165) is 50.5 Å². The predicted octanol–water partition coefficient (Wildman–Crippen LogP) is 8.69. The lowest BCUT2D eigenvalue weighted by molar-refractivity contribution is -0.155. The molecule has 0 fully saturated rings. The number of aliphatic hydroxyl groups is 1. The number of aliphatic hydroxyl groups excluding tert-OH is 1. The predicted molar refractivity (Wildman–Crippen MR) is 177 cm³/mol. The first-order chi connectivity index (χ1) is 20.7. The summed E-state index contributed by atoms with van der Waals surface area (Å²) >= 11 is 0. The van der Waals surface area contributed by atoms with E-state index in [1.165, 1.54) is 38.5 Å². The molecule has 1 aromatic carbocycles. The summed E-state index contributed by atoms with van der Waals surface area (Å²) in [5.41, 5.74) is 0.951. The number of ketones is 1. The molecule has 6 heteroatoms. The van der Waals surface area contributed by atoms with Crippen LogP contribution in [0.2, 0.25) is 0 Å². The van der Waals surface area contributed by atoms with Crippen LogP contribution in [-0.2, 0) is 19.1 Å². The fourth-order valence-corrected chi connectivity index (χ4v) is 5.92. The van der Waals surface area contributed by atoms with Gasteiger partial charge in [-0.15, -0.1) is 0 Å². The van der Waals surface area contributed by atoms with E-state index >= 15 is 0 Å². The van der Waals surface area contributed by atoms with Crippen LogP contribution in [0.1, 0.15) is 155 Å². The highest BCUT2D eigenvalue weighted by Gasteiger charge is 2.33. The van der Waals surface area contributed by atoms with E-state index in [9.17, 15) is 19.5 Å². The molecule has 0 spiro atoms. The van der Waals surface area contributed by atoms with Gasteiger partial charge >= 0.3 is 5.97 Å². The van der Waals surface area contributed by atoms with Gasteiger partial charge in [0, 0.05) is 18.3 Å². The van der Waals surface area contributed by atoms with Crippen molar-refractivity contribution in [3.63, 3.8) is 0 Å². The van der Waals surface area contributed by atoms with Gasteiger partial charge in [-0.3, -0.25) is 9.59 Å². The normalized spacial score (nSPS) is 15.0. The first kappa shape index (κ1) is 38.8. The number of unbranched alkanes of at least 4 members (excludes halogenated alkanes) is 11. The van der Waals surface area contributed by atoms with Crippen molar-refractivity contribution in [1.82, 2.24) is 5.32 Å². The van der Waals surface area contributed by atoms with Crippen LogP contribution in [0.15, 0.2) is 30.3 Å². The minimum Gasteiger partial charge on any atom is -0.461 e. The molecule has 2 N–H and O–H groups in total. The van der Waals surface area contributed by atoms with Crippen molar-refractivity contribution >= 4 is 18.2 Å². The Morgan fingerprint density at radius 1 is 0.791 bits per heavy atom. The largest absolute Gasteiger partial charge is 0.461 e. The van der Waals surface area contributed by atoms with Gasteiger partial charge in [-0.25, -0.2) is 4.79 Å². The summed E-state index contributed by atoms with van der Waals surface area (Å²) in [4.78, 5) is 38.2. The summed E-state index contributed by atoms with van der Waals surface area (Å²) in [5.74, 6) is -1.05. The van der Waals surface area contributed by atoms with Crippen LogP contribution in [0, 0.1) is 11.8 Å². The maximum atomic E-state index is 13.8. The van der Waals surface area contributed by atoms with Gasteiger partial charge < -0.3 is 15.2 Å². The first-order valence-electron chi connectivity index (χ1n) is 17.4. The van der Waals surface area contributed by atoms with Gasteiger partial charge in [0.25, 0.3) is 0 Å². The summed E-state index contributed by atoms with van der Waals surface area (Å²) in [6.45, 7) is 10.3. The summed E-state index contributed by atoms with van der Waals surface area (Å²) < 4.78 is 6.00. The van der Waals surface area contributed by atoms with Crippen molar-refractivity contribution < 1.29 is 24.2 Å². The van der Waals surface area contributed by atoms with Gasteiger partial charge in [-0.1, -0.05) is 142 Å². The van der Waals surface area contributed by atoms with Gasteiger partial charge in [-0.2, -0.15) is 0 Å². The highest BCUT2D eigenvalue weighted by molar-refractivity contribution is 5.88. The maximum absolute atomic E-state index is 13.8. The smallest absolute Gasteiger partial charge is 0.328 e. The Morgan fingerprint density at radius 3 is 1.88 bits per heavy atom. The molecule has 0 bridgehead atoms. The lowest BCUT2D eigenvalue weighted by atomic mass is 9.81. The minimum atomic E-state index is -0.903. The fourth-order valence-electron chi connectivity index (χ4n) is 5.92. The third kappa shape index (κ3) is 17.0. The van der Waals surface area contributed by atoms with Crippen molar-refractivity contribution in [3.8, 4) is 0 Å². The van der Waals surface area contributed by atoms with Crippen LogP contribution < -0.4 is 5.32 Å². The Hall–Kier alpha value is -2.21. The molecule has 0 unspecified atom stereocenters. The molecule has 1 aromatic rings. The molecule has 0 saturated heterocycles. The number of amides is 1. The van der Waals surface area contributed by atoms with Crippen molar-refractivity contribution in [2.45, 2.75) is 168 Å². The molecule has 6 nitrogen and oxygen atoms in total. The Balaban J connectivity index is 2.98. The third-order valence-electron chi connectivity index (χ3n) is 8.60. The molecule has 5 atom stereocenters. The first-order valence-corrected chi connectivity index (χ1v) is 17.4. The van der Waals surface area contributed by atoms with Crippen LogP contribution in [0.4, 0.5) is 0 Å². The number of Topliss-reactive ketones (excluding diaryl/α,β-unsaturated/α-hetero) is 1. The molecular weight excluding hydrogens is 538 g/mol. The van der Waals surface area contributed by atoms with Crippen molar-refractivity contribution in [1.29, 1.82) is 0 Å². The highest BCUT2D eigenvalue weighted by Crippen LogP contribution is 2.29. The summed E-state index contributed by atoms with van der Waals surface area (Å²) in [7, 11) is 0. The Morgan fingerprint density at radius 2 is 1.33 bits per heavy atom. The summed E-state index contributed by atoms with van der Waals surface area (Å²) in [6.07, 6.45) is 15.9. The molecule has 0 aromatic heterocycles. The fraction of sp³-hybridized carbons (Fsp3) is 0.757. The lowest BCUT2D eigenvalue weighted by Gasteiger charge is -2.29. The van der Waals surface area contributed by atoms with E-state index in [1.54, 1.807) is 0 Å². The molecule has 0 aliphatic carbocycles. The zero-order valence-corrected chi connectivity index (χ0v) is 28.0. The van der Waals surface area contributed by atoms with Gasteiger partial charge in [0.05, 0.1) is 6.10 Å². The second-order valence-electron chi connectivity index (χ2n) is 12.9. The molecule has 246 valence electrons. The van der Waals surface area contributed by atoms with Crippen LogP contribution in [0.3, 0.4) is 0 Å².